The second kappa shape index (κ2) is 6.25. The van der Waals surface area contributed by atoms with Crippen molar-refractivity contribution in [1.82, 2.24) is 9.62 Å². The lowest BCUT2D eigenvalue weighted by molar-refractivity contribution is 0.239. The molecular weight excluding hydrogens is 265 g/mol. The lowest BCUT2D eigenvalue weighted by Crippen LogP contribution is -2.46. The third kappa shape index (κ3) is 4.11. The van der Waals surface area contributed by atoms with Gasteiger partial charge in [0.15, 0.2) is 0 Å². The van der Waals surface area contributed by atoms with Gasteiger partial charge in [-0.3, -0.25) is 4.31 Å². The van der Waals surface area contributed by atoms with Crippen LogP contribution in [0.25, 0.3) is 0 Å². The molecule has 0 spiro atoms. The van der Waals surface area contributed by atoms with Crippen LogP contribution in [0.5, 0.6) is 0 Å². The molecule has 1 atom stereocenters. The number of rotatable bonds is 2. The SMILES string of the molecule is Cc1ccc(NC(=O)NC2CCCN(S)C2)cc1F. The van der Waals surface area contributed by atoms with Gasteiger partial charge in [-0.15, -0.1) is 0 Å². The number of carbonyl (C=O) groups is 1. The Kier molecular flexibility index (Phi) is 4.66. The second-order valence-corrected chi connectivity index (χ2v) is 5.38. The van der Waals surface area contributed by atoms with E-state index in [0.717, 1.165) is 25.9 Å². The van der Waals surface area contributed by atoms with E-state index in [0.29, 0.717) is 11.3 Å². The van der Waals surface area contributed by atoms with Gasteiger partial charge in [0, 0.05) is 24.8 Å². The third-order valence-corrected chi connectivity index (χ3v) is 3.53. The van der Waals surface area contributed by atoms with Crippen LogP contribution in [0.3, 0.4) is 0 Å². The summed E-state index contributed by atoms with van der Waals surface area (Å²) in [5.41, 5.74) is 1.02. The van der Waals surface area contributed by atoms with Crippen LogP contribution in [-0.4, -0.2) is 29.5 Å². The average molecular weight is 283 g/mol. The van der Waals surface area contributed by atoms with Gasteiger partial charge in [0.05, 0.1) is 0 Å². The van der Waals surface area contributed by atoms with Crippen LogP contribution in [0.15, 0.2) is 18.2 Å². The van der Waals surface area contributed by atoms with Crippen molar-refractivity contribution in [2.24, 2.45) is 0 Å². The molecule has 1 saturated heterocycles. The zero-order chi connectivity index (χ0) is 13.8. The lowest BCUT2D eigenvalue weighted by atomic mass is 10.1. The quantitative estimate of drug-likeness (QED) is 0.730. The van der Waals surface area contributed by atoms with E-state index in [-0.39, 0.29) is 17.9 Å². The number of carbonyl (C=O) groups excluding carboxylic acids is 1. The fourth-order valence-electron chi connectivity index (χ4n) is 2.10. The first-order chi connectivity index (χ1) is 9.04. The number of amides is 2. The van der Waals surface area contributed by atoms with Crippen molar-refractivity contribution in [3.05, 3.63) is 29.6 Å². The summed E-state index contributed by atoms with van der Waals surface area (Å²) in [5.74, 6) is -0.322. The van der Waals surface area contributed by atoms with Crippen LogP contribution in [0.1, 0.15) is 18.4 Å². The number of thiol groups is 1. The zero-order valence-corrected chi connectivity index (χ0v) is 11.7. The molecule has 2 amide bonds. The number of nitrogens with zero attached hydrogens (tertiary/aromatic N) is 1. The molecule has 0 radical (unpaired) electrons. The zero-order valence-electron chi connectivity index (χ0n) is 10.8. The molecule has 0 bridgehead atoms. The van der Waals surface area contributed by atoms with E-state index in [1.54, 1.807) is 19.1 Å². The number of urea groups is 1. The molecule has 6 heteroatoms. The molecular formula is C13H18FN3OS. The van der Waals surface area contributed by atoms with Crippen molar-refractivity contribution in [1.29, 1.82) is 0 Å². The van der Waals surface area contributed by atoms with Crippen LogP contribution >= 0.6 is 12.8 Å². The van der Waals surface area contributed by atoms with E-state index in [1.165, 1.54) is 6.07 Å². The number of aryl methyl sites for hydroxylation is 1. The summed E-state index contributed by atoms with van der Waals surface area (Å²) in [6, 6.07) is 4.42. The number of anilines is 1. The van der Waals surface area contributed by atoms with Crippen molar-refractivity contribution in [2.75, 3.05) is 18.4 Å². The van der Waals surface area contributed by atoms with Crippen molar-refractivity contribution in [3.8, 4) is 0 Å². The third-order valence-electron chi connectivity index (χ3n) is 3.16. The number of piperidine rings is 1. The molecule has 1 heterocycles. The van der Waals surface area contributed by atoms with Gasteiger partial charge in [-0.05, 0) is 37.5 Å². The summed E-state index contributed by atoms with van der Waals surface area (Å²) in [5, 5.41) is 5.51. The summed E-state index contributed by atoms with van der Waals surface area (Å²) in [7, 11) is 0. The molecule has 2 rings (SSSR count). The van der Waals surface area contributed by atoms with Gasteiger partial charge < -0.3 is 10.6 Å². The summed E-state index contributed by atoms with van der Waals surface area (Å²) in [6.45, 7) is 3.34. The minimum atomic E-state index is -0.322. The molecule has 1 fully saturated rings. The maximum absolute atomic E-state index is 13.4. The fraction of sp³-hybridized carbons (Fsp3) is 0.462. The first kappa shape index (κ1) is 14.1. The van der Waals surface area contributed by atoms with E-state index >= 15 is 0 Å². The highest BCUT2D eigenvalue weighted by Crippen LogP contribution is 2.14. The number of nitrogens with one attached hydrogen (secondary N) is 2. The Morgan fingerprint density at radius 3 is 3.00 bits per heavy atom. The van der Waals surface area contributed by atoms with Crippen LogP contribution < -0.4 is 10.6 Å². The van der Waals surface area contributed by atoms with Crippen molar-refractivity contribution >= 4 is 24.5 Å². The molecule has 1 aliphatic heterocycles. The Morgan fingerprint density at radius 2 is 2.32 bits per heavy atom. The number of hydrogen-bond acceptors (Lipinski definition) is 3. The molecule has 0 aliphatic carbocycles. The Bertz CT molecular complexity index is 469. The molecule has 2 N–H and O–H groups in total. The summed E-state index contributed by atoms with van der Waals surface area (Å²) in [6.07, 6.45) is 1.94. The number of halogens is 1. The first-order valence-corrected chi connectivity index (χ1v) is 6.72. The Labute approximate surface area is 117 Å². The van der Waals surface area contributed by atoms with Crippen LogP contribution in [-0.2, 0) is 0 Å². The topological polar surface area (TPSA) is 44.4 Å². The van der Waals surface area contributed by atoms with E-state index in [1.807, 2.05) is 4.31 Å². The molecule has 0 saturated carbocycles. The van der Waals surface area contributed by atoms with Crippen LogP contribution in [0, 0.1) is 12.7 Å². The number of benzene rings is 1. The highest BCUT2D eigenvalue weighted by Gasteiger charge is 2.19. The average Bonchev–Trinajstić information content (AvgIpc) is 2.34. The minimum absolute atomic E-state index is 0.0848. The molecule has 0 aromatic heterocycles. The van der Waals surface area contributed by atoms with Gasteiger partial charge in [-0.1, -0.05) is 18.9 Å². The summed E-state index contributed by atoms with van der Waals surface area (Å²) < 4.78 is 15.2. The van der Waals surface area contributed by atoms with Gasteiger partial charge in [-0.25, -0.2) is 9.18 Å². The lowest BCUT2D eigenvalue weighted by Gasteiger charge is -2.29. The van der Waals surface area contributed by atoms with Gasteiger partial charge in [0.2, 0.25) is 0 Å². The second-order valence-electron chi connectivity index (χ2n) is 4.81. The molecule has 104 valence electrons. The van der Waals surface area contributed by atoms with Gasteiger partial charge >= 0.3 is 6.03 Å². The molecule has 4 nitrogen and oxygen atoms in total. The Hall–Kier alpha value is -1.27. The molecule has 1 aromatic rings. The molecule has 1 unspecified atom stereocenters. The highest BCUT2D eigenvalue weighted by molar-refractivity contribution is 7.77. The molecule has 19 heavy (non-hydrogen) atoms. The van der Waals surface area contributed by atoms with E-state index in [4.69, 9.17) is 0 Å². The highest BCUT2D eigenvalue weighted by atomic mass is 32.1. The van der Waals surface area contributed by atoms with Crippen molar-refractivity contribution < 1.29 is 9.18 Å². The maximum Gasteiger partial charge on any atom is 0.319 e. The van der Waals surface area contributed by atoms with Gasteiger partial charge in [-0.2, -0.15) is 0 Å². The van der Waals surface area contributed by atoms with Crippen molar-refractivity contribution in [3.63, 3.8) is 0 Å². The smallest absolute Gasteiger partial charge is 0.319 e. The van der Waals surface area contributed by atoms with Crippen LogP contribution in [0.4, 0.5) is 14.9 Å². The maximum atomic E-state index is 13.4. The number of hydrogen-bond donors (Lipinski definition) is 3. The first-order valence-electron chi connectivity index (χ1n) is 6.32. The van der Waals surface area contributed by atoms with Crippen LogP contribution in [0.2, 0.25) is 0 Å². The summed E-state index contributed by atoms with van der Waals surface area (Å²) in [4.78, 5) is 11.8. The fourth-order valence-corrected chi connectivity index (χ4v) is 2.44. The predicted molar refractivity (Wildman–Crippen MR) is 76.9 cm³/mol. The van der Waals surface area contributed by atoms with E-state index < -0.39 is 0 Å². The van der Waals surface area contributed by atoms with Gasteiger partial charge in [0.25, 0.3) is 0 Å². The van der Waals surface area contributed by atoms with E-state index in [9.17, 15) is 9.18 Å². The molecule has 1 aliphatic rings. The standard InChI is InChI=1S/C13H18FN3OS/c1-9-4-5-10(7-12(9)14)15-13(18)16-11-3-2-6-17(19)8-11/h4-5,7,11,19H,2-3,6,8H2,1H3,(H2,15,16,18). The summed E-state index contributed by atoms with van der Waals surface area (Å²) >= 11 is 4.28. The van der Waals surface area contributed by atoms with E-state index in [2.05, 4.69) is 23.4 Å². The monoisotopic (exact) mass is 283 g/mol. The van der Waals surface area contributed by atoms with Crippen molar-refractivity contribution in [2.45, 2.75) is 25.8 Å². The predicted octanol–water partition coefficient (Wildman–Crippen LogP) is 2.56. The molecule has 1 aromatic carbocycles. The Balaban J connectivity index is 1.88. The van der Waals surface area contributed by atoms with Gasteiger partial charge in [0.1, 0.15) is 5.82 Å². The normalized spacial score (nSPS) is 20.1. The minimum Gasteiger partial charge on any atom is -0.334 e. The largest absolute Gasteiger partial charge is 0.334 e. The Morgan fingerprint density at radius 1 is 1.53 bits per heavy atom.